The number of hydrogen-bond donors (Lipinski definition) is 0. The van der Waals surface area contributed by atoms with Crippen molar-refractivity contribution in [1.29, 1.82) is 0 Å². The van der Waals surface area contributed by atoms with Crippen LogP contribution in [0.3, 0.4) is 0 Å². The lowest BCUT2D eigenvalue weighted by Crippen LogP contribution is -2.35. The Bertz CT molecular complexity index is 106. The number of unbranched alkanes of at least 4 members (excludes halogenated alkanes) is 3. The van der Waals surface area contributed by atoms with Gasteiger partial charge in [0.2, 0.25) is 0 Å². The topological polar surface area (TPSA) is 55.3 Å². The minimum Gasteiger partial charge on any atom is -0.597 e. The molecule has 4 heteroatoms. The molecule has 0 aliphatic carbocycles. The number of hydroxylamine groups is 3. The molecule has 0 heterocycles. The first-order chi connectivity index (χ1) is 5.62. The molecule has 0 unspecified atom stereocenters. The van der Waals surface area contributed by atoms with Gasteiger partial charge in [-0.15, -0.1) is 0 Å². The number of rotatable bonds is 7. The van der Waals surface area contributed by atoms with Crippen LogP contribution in [0.2, 0.25) is 0 Å². The summed E-state index contributed by atoms with van der Waals surface area (Å²) in [7, 11) is 0. The van der Waals surface area contributed by atoms with Crippen molar-refractivity contribution in [2.45, 2.75) is 39.5 Å². The molecule has 12 heavy (non-hydrogen) atoms. The van der Waals surface area contributed by atoms with E-state index in [1.807, 2.05) is 0 Å². The molecule has 0 atom stereocenters. The van der Waals surface area contributed by atoms with Gasteiger partial charge in [0.25, 0.3) is 0 Å². The van der Waals surface area contributed by atoms with Crippen LogP contribution in [-0.2, 0) is 4.84 Å². The quantitative estimate of drug-likeness (QED) is 0.340. The van der Waals surface area contributed by atoms with Crippen LogP contribution in [0.4, 0.5) is 0 Å². The maximum absolute atomic E-state index is 10.7. The maximum Gasteiger partial charge on any atom is 0.107 e. The second kappa shape index (κ2) is 6.37. The molecule has 0 spiro atoms. The maximum atomic E-state index is 10.7. The molecular formula is C8H18NO3-. The summed E-state index contributed by atoms with van der Waals surface area (Å²) in [4.78, 5) is 2.74. The Morgan fingerprint density at radius 2 is 1.75 bits per heavy atom. The average Bonchev–Trinajstić information content (AvgIpc) is 2.04. The van der Waals surface area contributed by atoms with E-state index in [9.17, 15) is 10.4 Å². The standard InChI is InChI=1S/C8H18NO3/c1-3-5-6-7-8-12-9(10,11)4-2/h3-8H2,1-2H3/q-1. The van der Waals surface area contributed by atoms with E-state index in [0.29, 0.717) is 0 Å². The first-order valence-corrected chi connectivity index (χ1v) is 4.57. The van der Waals surface area contributed by atoms with Gasteiger partial charge in [-0.2, -0.15) is 0 Å². The van der Waals surface area contributed by atoms with Gasteiger partial charge < -0.3 is 10.4 Å². The molecule has 0 aliphatic rings. The zero-order valence-corrected chi connectivity index (χ0v) is 7.91. The second-order valence-corrected chi connectivity index (χ2v) is 2.82. The van der Waals surface area contributed by atoms with Gasteiger partial charge in [0, 0.05) is 0 Å². The van der Waals surface area contributed by atoms with E-state index in [0.717, 1.165) is 25.7 Å². The summed E-state index contributed by atoms with van der Waals surface area (Å²) in [5.74, 6) is 0. The van der Waals surface area contributed by atoms with Gasteiger partial charge in [-0.1, -0.05) is 26.2 Å². The minimum atomic E-state index is -1.81. The Kier molecular flexibility index (Phi) is 6.28. The van der Waals surface area contributed by atoms with Crippen LogP contribution in [0.5, 0.6) is 0 Å². The molecule has 0 bridgehead atoms. The zero-order valence-electron chi connectivity index (χ0n) is 7.91. The van der Waals surface area contributed by atoms with Crippen molar-refractivity contribution in [3.8, 4) is 0 Å². The summed E-state index contributed by atoms with van der Waals surface area (Å²) in [6.45, 7) is 3.83. The van der Waals surface area contributed by atoms with Crippen molar-refractivity contribution in [3.05, 3.63) is 10.4 Å². The van der Waals surface area contributed by atoms with Gasteiger partial charge in [0.15, 0.2) is 0 Å². The Morgan fingerprint density at radius 3 is 2.25 bits per heavy atom. The summed E-state index contributed by atoms with van der Waals surface area (Å²) in [5.41, 5.74) is 0. The molecule has 0 aromatic heterocycles. The highest BCUT2D eigenvalue weighted by molar-refractivity contribution is 4.37. The Balaban J connectivity index is 3.19. The molecule has 0 fully saturated rings. The Morgan fingerprint density at radius 1 is 1.08 bits per heavy atom. The molecule has 74 valence electrons. The lowest BCUT2D eigenvalue weighted by molar-refractivity contribution is -1.03. The SMILES string of the molecule is CCCCCCO[N+]([O-])([O-])CC. The third-order valence-electron chi connectivity index (χ3n) is 1.67. The van der Waals surface area contributed by atoms with E-state index >= 15 is 0 Å². The first kappa shape index (κ1) is 11.8. The predicted molar refractivity (Wildman–Crippen MR) is 47.6 cm³/mol. The van der Waals surface area contributed by atoms with E-state index < -0.39 is 4.97 Å². The van der Waals surface area contributed by atoms with Crippen LogP contribution in [0.25, 0.3) is 0 Å². The Hall–Kier alpha value is -0.160. The van der Waals surface area contributed by atoms with Crippen molar-refractivity contribution in [1.82, 2.24) is 0 Å². The predicted octanol–water partition coefficient (Wildman–Crippen LogP) is 2.33. The van der Waals surface area contributed by atoms with Crippen molar-refractivity contribution >= 4 is 0 Å². The molecule has 0 saturated carbocycles. The van der Waals surface area contributed by atoms with E-state index in [1.165, 1.54) is 6.92 Å². The highest BCUT2D eigenvalue weighted by Crippen LogP contribution is 2.05. The van der Waals surface area contributed by atoms with Crippen LogP contribution < -0.4 is 0 Å². The van der Waals surface area contributed by atoms with Gasteiger partial charge >= 0.3 is 0 Å². The van der Waals surface area contributed by atoms with Gasteiger partial charge in [-0.3, -0.25) is 0 Å². The van der Waals surface area contributed by atoms with Crippen LogP contribution in [0, 0.1) is 10.4 Å². The number of nitrogens with zero attached hydrogens (tertiary/aromatic N) is 1. The lowest BCUT2D eigenvalue weighted by Gasteiger charge is -2.41. The van der Waals surface area contributed by atoms with Gasteiger partial charge in [-0.05, 0) is 13.3 Å². The normalized spacial score (nSPS) is 12.0. The summed E-state index contributed by atoms with van der Waals surface area (Å²) in [6.07, 6.45) is 4.11. The molecule has 0 radical (unpaired) electrons. The van der Waals surface area contributed by atoms with Gasteiger partial charge in [-0.25, -0.2) is 9.81 Å². The van der Waals surface area contributed by atoms with Crippen molar-refractivity contribution in [2.75, 3.05) is 13.2 Å². The highest BCUT2D eigenvalue weighted by atomic mass is 17.1. The van der Waals surface area contributed by atoms with Crippen LogP contribution in [0.15, 0.2) is 0 Å². The van der Waals surface area contributed by atoms with E-state index in [4.69, 9.17) is 0 Å². The molecule has 4 nitrogen and oxygen atoms in total. The molecule has 0 N–H and O–H groups in total. The summed E-state index contributed by atoms with van der Waals surface area (Å²) >= 11 is 0. The average molecular weight is 176 g/mol. The fourth-order valence-electron chi connectivity index (χ4n) is 0.824. The molecule has 0 amide bonds. The van der Waals surface area contributed by atoms with Crippen molar-refractivity contribution < 1.29 is 9.81 Å². The molecule has 0 saturated heterocycles. The fraction of sp³-hybridized carbons (Fsp3) is 1.00. The van der Waals surface area contributed by atoms with Gasteiger partial charge in [0.1, 0.15) is 13.2 Å². The summed E-state index contributed by atoms with van der Waals surface area (Å²) in [6, 6.07) is 0. The van der Waals surface area contributed by atoms with Crippen LogP contribution in [-0.4, -0.2) is 18.1 Å². The Labute approximate surface area is 73.8 Å². The first-order valence-electron chi connectivity index (χ1n) is 4.57. The highest BCUT2D eigenvalue weighted by Gasteiger charge is 2.01. The minimum absolute atomic E-state index is 0.0756. The van der Waals surface area contributed by atoms with E-state index in [-0.39, 0.29) is 13.2 Å². The third-order valence-corrected chi connectivity index (χ3v) is 1.67. The monoisotopic (exact) mass is 176 g/mol. The molecular weight excluding hydrogens is 158 g/mol. The van der Waals surface area contributed by atoms with Gasteiger partial charge in [0.05, 0.1) is 0 Å². The molecule has 0 aromatic rings. The third kappa shape index (κ3) is 6.54. The van der Waals surface area contributed by atoms with Crippen molar-refractivity contribution in [3.63, 3.8) is 0 Å². The van der Waals surface area contributed by atoms with Crippen LogP contribution >= 0.6 is 0 Å². The second-order valence-electron chi connectivity index (χ2n) is 2.82. The van der Waals surface area contributed by atoms with E-state index in [2.05, 4.69) is 11.8 Å². The fourth-order valence-corrected chi connectivity index (χ4v) is 0.824. The van der Waals surface area contributed by atoms with Crippen molar-refractivity contribution in [2.24, 2.45) is 0 Å². The van der Waals surface area contributed by atoms with E-state index in [1.54, 1.807) is 0 Å². The molecule has 0 rings (SSSR count). The smallest absolute Gasteiger partial charge is 0.107 e. The largest absolute Gasteiger partial charge is 0.597 e. The lowest BCUT2D eigenvalue weighted by atomic mass is 10.2. The molecule has 0 aliphatic heterocycles. The number of quaternary nitrogens is 1. The summed E-state index contributed by atoms with van der Waals surface area (Å²) in [5, 5.41) is 21.3. The number of hydrogen-bond acceptors (Lipinski definition) is 3. The van der Waals surface area contributed by atoms with Crippen LogP contribution in [0.1, 0.15) is 39.5 Å². The summed E-state index contributed by atoms with van der Waals surface area (Å²) < 4.78 is 0. The zero-order chi connectivity index (χ0) is 9.45. The molecule has 0 aromatic carbocycles.